The lowest BCUT2D eigenvalue weighted by atomic mass is 10.3. The molecule has 1 N–H and O–H groups in total. The fraction of sp³-hybridized carbons (Fsp3) is 0.438. The molecule has 0 aliphatic rings. The second-order valence-electron chi connectivity index (χ2n) is 6.35. The predicted octanol–water partition coefficient (Wildman–Crippen LogP) is 2.85. The minimum absolute atomic E-state index is 0.0215. The molecule has 0 radical (unpaired) electrons. The van der Waals surface area contributed by atoms with Gasteiger partial charge in [0.05, 0.1) is 5.69 Å². The van der Waals surface area contributed by atoms with Gasteiger partial charge in [0.25, 0.3) is 11.8 Å². The Morgan fingerprint density at radius 2 is 1.92 bits per heavy atom. The van der Waals surface area contributed by atoms with Crippen molar-refractivity contribution in [3.8, 4) is 11.6 Å². The van der Waals surface area contributed by atoms with E-state index in [2.05, 4.69) is 25.7 Å². The van der Waals surface area contributed by atoms with E-state index in [-0.39, 0.29) is 29.9 Å². The molecule has 9 nitrogen and oxygen atoms in total. The third-order valence-corrected chi connectivity index (χ3v) is 3.58. The maximum Gasteiger partial charge on any atom is 0.322 e. The zero-order valence-corrected chi connectivity index (χ0v) is 14.9. The number of hydrogen-bond donors (Lipinski definition) is 1. The highest BCUT2D eigenvalue weighted by Crippen LogP contribution is 2.20. The molecule has 0 saturated heterocycles. The number of anilines is 1. The summed E-state index contributed by atoms with van der Waals surface area (Å²) in [6.07, 6.45) is 1.84. The van der Waals surface area contributed by atoms with Gasteiger partial charge in [-0.15, -0.1) is 5.10 Å². The molecule has 3 aromatic heterocycles. The van der Waals surface area contributed by atoms with E-state index >= 15 is 0 Å². The molecule has 0 aliphatic heterocycles. The first-order valence-corrected chi connectivity index (χ1v) is 8.11. The Balaban J connectivity index is 1.78. The molecule has 0 unspecified atom stereocenters. The van der Waals surface area contributed by atoms with Crippen LogP contribution in [0.4, 0.5) is 6.01 Å². The first-order chi connectivity index (χ1) is 11.8. The second-order valence-corrected chi connectivity index (χ2v) is 6.35. The van der Waals surface area contributed by atoms with E-state index in [9.17, 15) is 4.79 Å². The highest BCUT2D eigenvalue weighted by atomic mass is 16.4. The standard InChI is InChI=1S/C16H21N7O2/c1-9(2)22-7-6-12(21-22)15-18-19-16(25-15)17-14(24)13-8-11(5)20-23(13)10(3)4/h6-10H,1-5H3,(H,17,19,24). The van der Waals surface area contributed by atoms with Crippen molar-refractivity contribution in [2.24, 2.45) is 0 Å². The lowest BCUT2D eigenvalue weighted by molar-refractivity contribution is 0.101. The lowest BCUT2D eigenvalue weighted by Crippen LogP contribution is -2.19. The van der Waals surface area contributed by atoms with Gasteiger partial charge >= 0.3 is 6.01 Å². The summed E-state index contributed by atoms with van der Waals surface area (Å²) in [5.41, 5.74) is 1.77. The highest BCUT2D eigenvalue weighted by Gasteiger charge is 2.19. The molecule has 0 aliphatic carbocycles. The van der Waals surface area contributed by atoms with E-state index in [0.717, 1.165) is 5.69 Å². The molecule has 132 valence electrons. The van der Waals surface area contributed by atoms with E-state index in [1.54, 1.807) is 21.5 Å². The van der Waals surface area contributed by atoms with Crippen LogP contribution >= 0.6 is 0 Å². The van der Waals surface area contributed by atoms with Gasteiger partial charge in [0.1, 0.15) is 11.4 Å². The van der Waals surface area contributed by atoms with Crippen molar-refractivity contribution in [2.45, 2.75) is 46.7 Å². The Kier molecular flexibility index (Phi) is 4.39. The Morgan fingerprint density at radius 1 is 1.16 bits per heavy atom. The fourth-order valence-electron chi connectivity index (χ4n) is 2.36. The van der Waals surface area contributed by atoms with Crippen molar-refractivity contribution >= 4 is 11.9 Å². The number of nitrogens with zero attached hydrogens (tertiary/aromatic N) is 6. The summed E-state index contributed by atoms with van der Waals surface area (Å²) in [6, 6.07) is 3.82. The molecule has 0 fully saturated rings. The number of hydrogen-bond acceptors (Lipinski definition) is 6. The fourth-order valence-corrected chi connectivity index (χ4v) is 2.36. The van der Waals surface area contributed by atoms with Gasteiger partial charge in [-0.3, -0.25) is 19.5 Å². The third-order valence-electron chi connectivity index (χ3n) is 3.58. The minimum Gasteiger partial charge on any atom is -0.401 e. The first-order valence-electron chi connectivity index (χ1n) is 8.11. The van der Waals surface area contributed by atoms with Crippen LogP contribution < -0.4 is 5.32 Å². The number of aromatic nitrogens is 6. The van der Waals surface area contributed by atoms with Gasteiger partial charge < -0.3 is 4.42 Å². The zero-order chi connectivity index (χ0) is 18.1. The summed E-state index contributed by atoms with van der Waals surface area (Å²) in [6.45, 7) is 9.80. The van der Waals surface area contributed by atoms with Crippen LogP contribution in [-0.4, -0.2) is 35.7 Å². The maximum absolute atomic E-state index is 12.5. The largest absolute Gasteiger partial charge is 0.401 e. The number of nitrogens with one attached hydrogen (secondary N) is 1. The van der Waals surface area contributed by atoms with Crippen molar-refractivity contribution in [2.75, 3.05) is 5.32 Å². The van der Waals surface area contributed by atoms with Crippen LogP contribution in [0.1, 0.15) is 56.0 Å². The summed E-state index contributed by atoms with van der Waals surface area (Å²) in [5.74, 6) is -0.0968. The summed E-state index contributed by atoms with van der Waals surface area (Å²) >= 11 is 0. The SMILES string of the molecule is Cc1cc(C(=O)Nc2nnc(-c3ccn(C(C)C)n3)o2)n(C(C)C)n1. The normalized spacial score (nSPS) is 11.5. The molecule has 0 saturated carbocycles. The van der Waals surface area contributed by atoms with Crippen molar-refractivity contribution in [1.82, 2.24) is 29.8 Å². The van der Waals surface area contributed by atoms with Crippen LogP contribution in [0.3, 0.4) is 0 Å². The van der Waals surface area contributed by atoms with Gasteiger partial charge in [-0.25, -0.2) is 0 Å². The van der Waals surface area contributed by atoms with Crippen LogP contribution in [-0.2, 0) is 0 Å². The van der Waals surface area contributed by atoms with Crippen molar-refractivity contribution in [1.29, 1.82) is 0 Å². The van der Waals surface area contributed by atoms with E-state index in [0.29, 0.717) is 11.4 Å². The van der Waals surface area contributed by atoms with Gasteiger partial charge in [-0.05, 0) is 46.8 Å². The molecule has 0 bridgehead atoms. The molecule has 9 heteroatoms. The lowest BCUT2D eigenvalue weighted by Gasteiger charge is -2.09. The average Bonchev–Trinajstić information content (AvgIpc) is 3.24. The van der Waals surface area contributed by atoms with Crippen LogP contribution in [0.2, 0.25) is 0 Å². The summed E-state index contributed by atoms with van der Waals surface area (Å²) < 4.78 is 8.95. The molecule has 3 aromatic rings. The van der Waals surface area contributed by atoms with Crippen molar-refractivity contribution < 1.29 is 9.21 Å². The summed E-state index contributed by atoms with van der Waals surface area (Å²) in [5, 5.41) is 19.1. The molecule has 3 rings (SSSR count). The zero-order valence-electron chi connectivity index (χ0n) is 14.9. The number of carbonyl (C=O) groups is 1. The quantitative estimate of drug-likeness (QED) is 0.764. The Morgan fingerprint density at radius 3 is 2.56 bits per heavy atom. The van der Waals surface area contributed by atoms with Crippen LogP contribution in [0.25, 0.3) is 11.6 Å². The van der Waals surface area contributed by atoms with E-state index < -0.39 is 0 Å². The van der Waals surface area contributed by atoms with Crippen molar-refractivity contribution in [3.05, 3.63) is 29.7 Å². The molecule has 25 heavy (non-hydrogen) atoms. The number of amides is 1. The Labute approximate surface area is 145 Å². The Hall–Kier alpha value is -2.97. The second kappa shape index (κ2) is 6.50. The maximum atomic E-state index is 12.5. The van der Waals surface area contributed by atoms with E-state index in [1.807, 2.05) is 40.8 Å². The summed E-state index contributed by atoms with van der Waals surface area (Å²) in [7, 11) is 0. The Bertz CT molecular complexity index is 888. The molecular weight excluding hydrogens is 322 g/mol. The number of aryl methyl sites for hydroxylation is 1. The van der Waals surface area contributed by atoms with Crippen LogP contribution in [0.15, 0.2) is 22.7 Å². The molecular formula is C16H21N7O2. The van der Waals surface area contributed by atoms with Crippen LogP contribution in [0, 0.1) is 6.92 Å². The molecule has 3 heterocycles. The van der Waals surface area contributed by atoms with Gasteiger partial charge in [0, 0.05) is 18.3 Å². The van der Waals surface area contributed by atoms with Gasteiger partial charge in [0.15, 0.2) is 0 Å². The van der Waals surface area contributed by atoms with Gasteiger partial charge in [-0.1, -0.05) is 5.10 Å². The predicted molar refractivity (Wildman–Crippen MR) is 91.2 cm³/mol. The van der Waals surface area contributed by atoms with Gasteiger partial charge in [0.2, 0.25) is 0 Å². The highest BCUT2D eigenvalue weighted by molar-refractivity contribution is 6.02. The molecule has 0 atom stereocenters. The molecule has 0 aromatic carbocycles. The smallest absolute Gasteiger partial charge is 0.322 e. The van der Waals surface area contributed by atoms with Crippen LogP contribution in [0.5, 0.6) is 0 Å². The molecule has 0 spiro atoms. The minimum atomic E-state index is -0.350. The third kappa shape index (κ3) is 3.44. The van der Waals surface area contributed by atoms with Crippen molar-refractivity contribution in [3.63, 3.8) is 0 Å². The average molecular weight is 343 g/mol. The number of rotatable bonds is 5. The topological polar surface area (TPSA) is 104 Å². The van der Waals surface area contributed by atoms with E-state index in [4.69, 9.17) is 4.42 Å². The summed E-state index contributed by atoms with van der Waals surface area (Å²) in [4.78, 5) is 12.5. The monoisotopic (exact) mass is 343 g/mol. The van der Waals surface area contributed by atoms with Gasteiger partial charge in [-0.2, -0.15) is 10.2 Å². The first kappa shape index (κ1) is 16.9. The molecule has 1 amide bonds. The van der Waals surface area contributed by atoms with E-state index in [1.165, 1.54) is 0 Å². The number of carbonyl (C=O) groups excluding carboxylic acids is 1.